The molecule has 0 fully saturated rings. The third-order valence-corrected chi connectivity index (χ3v) is 2.92. The van der Waals surface area contributed by atoms with E-state index in [9.17, 15) is 9.59 Å². The Kier molecular flexibility index (Phi) is 4.27. The zero-order valence-corrected chi connectivity index (χ0v) is 12.0. The number of nitrogens with one attached hydrogen (secondary N) is 1. The number of hydrogen-bond donors (Lipinski definition) is 1. The minimum absolute atomic E-state index is 0.126. The van der Waals surface area contributed by atoms with Gasteiger partial charge in [0, 0.05) is 11.3 Å². The lowest BCUT2D eigenvalue weighted by Crippen LogP contribution is -2.29. The zero-order valence-electron chi connectivity index (χ0n) is 12.0. The number of carbonyl (C=O) groups excluding carboxylic acids is 1. The van der Waals surface area contributed by atoms with E-state index in [1.807, 2.05) is 0 Å². The van der Waals surface area contributed by atoms with Crippen molar-refractivity contribution in [3.63, 3.8) is 0 Å². The Hall–Kier alpha value is -2.77. The molecule has 8 heteroatoms. The Morgan fingerprint density at radius 1 is 1.29 bits per heavy atom. The molecule has 8 nitrogen and oxygen atoms in total. The third-order valence-electron chi connectivity index (χ3n) is 2.92. The number of amides is 1. The summed E-state index contributed by atoms with van der Waals surface area (Å²) < 4.78 is 6.07. The molecule has 0 spiro atoms. The summed E-state index contributed by atoms with van der Waals surface area (Å²) in [5.74, 6) is -0.365. The van der Waals surface area contributed by atoms with E-state index < -0.39 is 0 Å². The Balaban J connectivity index is 2.08. The summed E-state index contributed by atoms with van der Waals surface area (Å²) in [4.78, 5) is 35.7. The molecule has 0 aromatic carbocycles. The van der Waals surface area contributed by atoms with Crippen LogP contribution in [0.3, 0.4) is 0 Å². The smallest absolute Gasteiger partial charge is 0.316 e. The van der Waals surface area contributed by atoms with Gasteiger partial charge >= 0.3 is 6.01 Å². The average Bonchev–Trinajstić information content (AvgIpc) is 2.49. The van der Waals surface area contributed by atoms with Crippen LogP contribution < -0.4 is 15.6 Å². The number of hydrogen-bond acceptors (Lipinski definition) is 6. The molecule has 0 atom stereocenters. The molecule has 110 valence electrons. The quantitative estimate of drug-likeness (QED) is 0.869. The van der Waals surface area contributed by atoms with Crippen LogP contribution in [-0.2, 0) is 11.3 Å². The Bertz CT molecular complexity index is 709. The summed E-state index contributed by atoms with van der Waals surface area (Å²) >= 11 is 0. The van der Waals surface area contributed by atoms with E-state index in [0.29, 0.717) is 16.9 Å². The molecule has 1 N–H and O–H groups in total. The molecule has 0 aliphatic carbocycles. The van der Waals surface area contributed by atoms with Crippen molar-refractivity contribution in [2.24, 2.45) is 0 Å². The molecule has 0 saturated carbocycles. The molecular formula is C13H15N5O3. The lowest BCUT2D eigenvalue weighted by Gasteiger charge is -2.08. The fourth-order valence-corrected chi connectivity index (χ4v) is 1.63. The second-order valence-electron chi connectivity index (χ2n) is 4.39. The first-order valence-electron chi connectivity index (χ1n) is 6.19. The van der Waals surface area contributed by atoms with Gasteiger partial charge < -0.3 is 10.1 Å². The van der Waals surface area contributed by atoms with E-state index in [0.717, 1.165) is 0 Å². The van der Waals surface area contributed by atoms with Crippen LogP contribution in [-0.4, -0.2) is 32.5 Å². The highest BCUT2D eigenvalue weighted by atomic mass is 16.5. The number of rotatable bonds is 4. The van der Waals surface area contributed by atoms with E-state index in [-0.39, 0.29) is 24.0 Å². The van der Waals surface area contributed by atoms with Gasteiger partial charge in [0.2, 0.25) is 5.91 Å². The van der Waals surface area contributed by atoms with Crippen molar-refractivity contribution in [3.05, 3.63) is 40.3 Å². The lowest BCUT2D eigenvalue weighted by molar-refractivity contribution is -0.116. The Morgan fingerprint density at radius 2 is 1.95 bits per heavy atom. The summed E-state index contributed by atoms with van der Waals surface area (Å²) in [6.45, 7) is 3.30. The van der Waals surface area contributed by atoms with E-state index >= 15 is 0 Å². The fourth-order valence-electron chi connectivity index (χ4n) is 1.63. The van der Waals surface area contributed by atoms with E-state index in [1.54, 1.807) is 13.8 Å². The number of aryl methyl sites for hydroxylation is 1. The standard InChI is InChI=1S/C13H15N5O3/c1-8-9(2)16-7-18(12(8)20)6-11(19)17-10-4-14-13(21-3)15-5-10/h4-5,7H,6H2,1-3H3,(H,17,19). The summed E-state index contributed by atoms with van der Waals surface area (Å²) in [6, 6.07) is 0.211. The minimum Gasteiger partial charge on any atom is -0.467 e. The number of anilines is 1. The molecule has 2 aromatic heterocycles. The van der Waals surface area contributed by atoms with Gasteiger partial charge in [-0.25, -0.2) is 15.0 Å². The maximum atomic E-state index is 12.0. The lowest BCUT2D eigenvalue weighted by atomic mass is 10.3. The highest BCUT2D eigenvalue weighted by Gasteiger charge is 2.09. The SMILES string of the molecule is COc1ncc(NC(=O)Cn2cnc(C)c(C)c2=O)cn1. The van der Waals surface area contributed by atoms with Gasteiger partial charge in [0.25, 0.3) is 5.56 Å². The maximum absolute atomic E-state index is 12.0. The van der Waals surface area contributed by atoms with Crippen molar-refractivity contribution in [2.45, 2.75) is 20.4 Å². The van der Waals surface area contributed by atoms with Gasteiger partial charge in [0.15, 0.2) is 0 Å². The van der Waals surface area contributed by atoms with Crippen molar-refractivity contribution in [1.82, 2.24) is 19.5 Å². The van der Waals surface area contributed by atoms with Crippen LogP contribution in [0.2, 0.25) is 0 Å². The molecule has 2 aromatic rings. The molecule has 0 saturated heterocycles. The van der Waals surface area contributed by atoms with Crippen LogP contribution in [0.5, 0.6) is 6.01 Å². The summed E-state index contributed by atoms with van der Waals surface area (Å²) in [5, 5.41) is 2.60. The molecular weight excluding hydrogens is 274 g/mol. The van der Waals surface area contributed by atoms with Gasteiger partial charge in [-0.2, -0.15) is 0 Å². The zero-order chi connectivity index (χ0) is 15.4. The number of nitrogens with zero attached hydrogens (tertiary/aromatic N) is 4. The topological polar surface area (TPSA) is 99.0 Å². The number of aromatic nitrogens is 4. The van der Waals surface area contributed by atoms with Crippen LogP contribution in [0.25, 0.3) is 0 Å². The first kappa shape index (κ1) is 14.6. The molecule has 0 radical (unpaired) electrons. The van der Waals surface area contributed by atoms with Gasteiger partial charge in [0.05, 0.1) is 31.5 Å². The first-order valence-corrected chi connectivity index (χ1v) is 6.19. The molecule has 2 rings (SSSR count). The largest absolute Gasteiger partial charge is 0.467 e. The van der Waals surface area contributed by atoms with Crippen LogP contribution >= 0.6 is 0 Å². The van der Waals surface area contributed by atoms with Crippen molar-refractivity contribution >= 4 is 11.6 Å². The van der Waals surface area contributed by atoms with E-state index in [2.05, 4.69) is 20.3 Å². The second-order valence-corrected chi connectivity index (χ2v) is 4.39. The third kappa shape index (κ3) is 3.41. The van der Waals surface area contributed by atoms with Crippen molar-refractivity contribution in [2.75, 3.05) is 12.4 Å². The Morgan fingerprint density at radius 3 is 2.57 bits per heavy atom. The van der Waals surface area contributed by atoms with Crippen LogP contribution in [0.1, 0.15) is 11.3 Å². The molecule has 21 heavy (non-hydrogen) atoms. The highest BCUT2D eigenvalue weighted by Crippen LogP contribution is 2.06. The molecule has 0 aliphatic heterocycles. The van der Waals surface area contributed by atoms with Crippen molar-refractivity contribution in [3.8, 4) is 6.01 Å². The van der Waals surface area contributed by atoms with Crippen molar-refractivity contribution < 1.29 is 9.53 Å². The van der Waals surface area contributed by atoms with Crippen LogP contribution in [0, 0.1) is 13.8 Å². The molecule has 1 amide bonds. The average molecular weight is 289 g/mol. The predicted molar refractivity (Wildman–Crippen MR) is 75.2 cm³/mol. The minimum atomic E-state index is -0.365. The summed E-state index contributed by atoms with van der Waals surface area (Å²) in [6.07, 6.45) is 4.20. The number of carbonyl (C=O) groups is 1. The number of methoxy groups -OCH3 is 1. The molecule has 0 aliphatic rings. The Labute approximate surface area is 120 Å². The fraction of sp³-hybridized carbons (Fsp3) is 0.308. The van der Waals surface area contributed by atoms with Gasteiger partial charge in [-0.05, 0) is 13.8 Å². The van der Waals surface area contributed by atoms with E-state index in [1.165, 1.54) is 30.4 Å². The molecule has 2 heterocycles. The van der Waals surface area contributed by atoms with Gasteiger partial charge in [-0.1, -0.05) is 0 Å². The van der Waals surface area contributed by atoms with Gasteiger partial charge in [0.1, 0.15) is 6.54 Å². The van der Waals surface area contributed by atoms with Crippen LogP contribution in [0.15, 0.2) is 23.5 Å². The monoisotopic (exact) mass is 289 g/mol. The molecule has 0 unspecified atom stereocenters. The second kappa shape index (κ2) is 6.12. The molecule has 0 bridgehead atoms. The van der Waals surface area contributed by atoms with Crippen molar-refractivity contribution in [1.29, 1.82) is 0 Å². The van der Waals surface area contributed by atoms with Gasteiger partial charge in [-0.15, -0.1) is 0 Å². The highest BCUT2D eigenvalue weighted by molar-refractivity contribution is 5.90. The van der Waals surface area contributed by atoms with Gasteiger partial charge in [-0.3, -0.25) is 14.2 Å². The summed E-state index contributed by atoms with van der Waals surface area (Å²) in [7, 11) is 1.45. The first-order chi connectivity index (χ1) is 10.0. The normalized spacial score (nSPS) is 10.2. The predicted octanol–water partition coefficient (Wildman–Crippen LogP) is 0.297. The maximum Gasteiger partial charge on any atom is 0.316 e. The summed E-state index contributed by atoms with van der Waals surface area (Å²) in [5.41, 5.74) is 1.37. The number of ether oxygens (including phenoxy) is 1. The van der Waals surface area contributed by atoms with E-state index in [4.69, 9.17) is 4.74 Å². The van der Waals surface area contributed by atoms with Crippen LogP contribution in [0.4, 0.5) is 5.69 Å².